The van der Waals surface area contributed by atoms with E-state index in [4.69, 9.17) is 10.3 Å². The maximum absolute atomic E-state index is 12.5. The summed E-state index contributed by atoms with van der Waals surface area (Å²) in [6, 6.07) is 4.11. The molecule has 24 heavy (non-hydrogen) atoms. The second kappa shape index (κ2) is 8.33. The number of ether oxygens (including phenoxy) is 1. The lowest BCUT2D eigenvalue weighted by Crippen LogP contribution is -2.36. The lowest BCUT2D eigenvalue weighted by Gasteiger charge is -2.21. The first kappa shape index (κ1) is 19.5. The summed E-state index contributed by atoms with van der Waals surface area (Å²) in [6.07, 6.45) is 0.127. The quantitative estimate of drug-likeness (QED) is 0.343. The van der Waals surface area contributed by atoms with Gasteiger partial charge in [-0.05, 0) is 57.0 Å². The van der Waals surface area contributed by atoms with Crippen molar-refractivity contribution in [2.75, 3.05) is 7.05 Å². The highest BCUT2D eigenvalue weighted by Gasteiger charge is 2.23. The number of likely N-dealkylation sites (N-methyl/N-ethyl adjacent to an activating group) is 1. The van der Waals surface area contributed by atoms with E-state index < -0.39 is 23.6 Å². The normalized spacial score (nSPS) is 12.2. The summed E-state index contributed by atoms with van der Waals surface area (Å²) in [6.45, 7) is 5.35. The van der Waals surface area contributed by atoms with E-state index in [1.807, 2.05) is 0 Å². The smallest absolute Gasteiger partial charge is 0.338 e. The van der Waals surface area contributed by atoms with E-state index in [9.17, 15) is 14.7 Å². The Morgan fingerprint density at radius 1 is 1.42 bits per heavy atom. The number of azide groups is 1. The van der Waals surface area contributed by atoms with Gasteiger partial charge in [0.2, 0.25) is 0 Å². The molecule has 0 aliphatic carbocycles. The second-order valence-electron chi connectivity index (χ2n) is 6.27. The van der Waals surface area contributed by atoms with Crippen molar-refractivity contribution >= 4 is 11.9 Å². The minimum atomic E-state index is -1.01. The Morgan fingerprint density at radius 3 is 2.58 bits per heavy atom. The average molecular weight is 334 g/mol. The van der Waals surface area contributed by atoms with Crippen molar-refractivity contribution in [3.8, 4) is 0 Å². The molecule has 0 spiro atoms. The number of carbonyl (C=O) groups is 2. The van der Waals surface area contributed by atoms with Crippen LogP contribution in [0.3, 0.4) is 0 Å². The highest BCUT2D eigenvalue weighted by Crippen LogP contribution is 2.19. The van der Waals surface area contributed by atoms with Crippen LogP contribution in [0.2, 0.25) is 0 Å². The number of rotatable bonds is 7. The molecule has 0 saturated heterocycles. The minimum absolute atomic E-state index is 0.0982. The summed E-state index contributed by atoms with van der Waals surface area (Å²) < 4.78 is 5.39. The molecular formula is C16H22N4O4. The van der Waals surface area contributed by atoms with Crippen molar-refractivity contribution in [2.24, 2.45) is 5.11 Å². The van der Waals surface area contributed by atoms with Gasteiger partial charge in [-0.15, -0.1) is 0 Å². The highest BCUT2D eigenvalue weighted by molar-refractivity contribution is 5.92. The zero-order valence-corrected chi connectivity index (χ0v) is 14.2. The Morgan fingerprint density at radius 2 is 2.08 bits per heavy atom. The van der Waals surface area contributed by atoms with Crippen LogP contribution in [0.5, 0.6) is 0 Å². The van der Waals surface area contributed by atoms with Crippen LogP contribution in [0.4, 0.5) is 0 Å². The number of esters is 1. The van der Waals surface area contributed by atoms with Crippen molar-refractivity contribution in [1.29, 1.82) is 0 Å². The van der Waals surface area contributed by atoms with Crippen molar-refractivity contribution < 1.29 is 19.4 Å². The van der Waals surface area contributed by atoms with Gasteiger partial charge in [-0.1, -0.05) is 17.2 Å². The predicted molar refractivity (Wildman–Crippen MR) is 88.6 cm³/mol. The molecule has 8 nitrogen and oxygen atoms in total. The summed E-state index contributed by atoms with van der Waals surface area (Å²) in [5.41, 5.74) is 9.22. The number of aliphatic carboxylic acids is 1. The molecule has 0 bridgehead atoms. The van der Waals surface area contributed by atoms with E-state index in [1.165, 1.54) is 0 Å². The van der Waals surface area contributed by atoms with Gasteiger partial charge < -0.3 is 15.2 Å². The first-order valence-electron chi connectivity index (χ1n) is 7.44. The number of hydrogen-bond acceptors (Lipinski definition) is 5. The zero-order valence-electron chi connectivity index (χ0n) is 14.2. The molecule has 0 heterocycles. The van der Waals surface area contributed by atoms with Crippen LogP contribution < -0.4 is 5.32 Å². The standard InChI is InChI=1S/C16H22N4O4/c1-16(2,3)24-15(23)12-7-10(9-19-20-17)5-6-11(12)8-13(18-4)14(21)22/h5-7,13,18H,8-9H2,1-4H3,(H,21,22). The van der Waals surface area contributed by atoms with Crippen LogP contribution >= 0.6 is 0 Å². The van der Waals surface area contributed by atoms with E-state index in [2.05, 4.69) is 15.3 Å². The molecule has 2 N–H and O–H groups in total. The molecule has 130 valence electrons. The number of carboxylic acid groups (broad SMARTS) is 1. The van der Waals surface area contributed by atoms with Gasteiger partial charge in [-0.3, -0.25) is 4.79 Å². The largest absolute Gasteiger partial charge is 0.480 e. The molecule has 0 aromatic heterocycles. The molecule has 1 rings (SSSR count). The third kappa shape index (κ3) is 5.91. The van der Waals surface area contributed by atoms with Crippen molar-refractivity contribution in [1.82, 2.24) is 5.32 Å². The Labute approximate surface area is 140 Å². The van der Waals surface area contributed by atoms with Crippen molar-refractivity contribution in [3.63, 3.8) is 0 Å². The molecule has 8 heteroatoms. The molecule has 0 aliphatic rings. The van der Waals surface area contributed by atoms with Crippen molar-refractivity contribution in [2.45, 2.75) is 45.4 Å². The van der Waals surface area contributed by atoms with E-state index in [0.717, 1.165) is 0 Å². The molecular weight excluding hydrogens is 312 g/mol. The molecule has 1 unspecified atom stereocenters. The SMILES string of the molecule is CNC(Cc1ccc(CN=[N+]=[N-])cc1C(=O)OC(C)(C)C)C(=O)O. The fourth-order valence-electron chi connectivity index (χ4n) is 2.07. The van der Waals surface area contributed by atoms with Gasteiger partial charge in [0.15, 0.2) is 0 Å². The molecule has 1 aromatic rings. The van der Waals surface area contributed by atoms with Gasteiger partial charge in [0.05, 0.1) is 12.1 Å². The van der Waals surface area contributed by atoms with Gasteiger partial charge >= 0.3 is 11.9 Å². The van der Waals surface area contributed by atoms with Gasteiger partial charge in [-0.25, -0.2) is 4.79 Å². The van der Waals surface area contributed by atoms with Crippen LogP contribution in [0, 0.1) is 0 Å². The van der Waals surface area contributed by atoms with Crippen LogP contribution in [0.25, 0.3) is 10.4 Å². The lowest BCUT2D eigenvalue weighted by atomic mass is 9.97. The monoisotopic (exact) mass is 334 g/mol. The zero-order chi connectivity index (χ0) is 18.3. The number of carboxylic acids is 1. The summed E-state index contributed by atoms with van der Waals surface area (Å²) >= 11 is 0. The molecule has 0 aliphatic heterocycles. The maximum atomic E-state index is 12.5. The number of nitrogens with zero attached hydrogens (tertiary/aromatic N) is 3. The third-order valence-corrected chi connectivity index (χ3v) is 3.18. The average Bonchev–Trinajstić information content (AvgIpc) is 2.49. The van der Waals surface area contributed by atoms with Gasteiger partial charge in [0, 0.05) is 4.91 Å². The van der Waals surface area contributed by atoms with Gasteiger partial charge in [0.25, 0.3) is 0 Å². The molecule has 0 fully saturated rings. The van der Waals surface area contributed by atoms with Crippen LogP contribution in [-0.4, -0.2) is 35.7 Å². The first-order chi connectivity index (χ1) is 11.2. The minimum Gasteiger partial charge on any atom is -0.480 e. The van der Waals surface area contributed by atoms with Crippen LogP contribution in [-0.2, 0) is 22.5 Å². The molecule has 0 saturated carbocycles. The van der Waals surface area contributed by atoms with E-state index in [-0.39, 0.29) is 18.5 Å². The fraction of sp³-hybridized carbons (Fsp3) is 0.500. The highest BCUT2D eigenvalue weighted by atomic mass is 16.6. The molecule has 0 amide bonds. The van der Waals surface area contributed by atoms with E-state index in [0.29, 0.717) is 11.1 Å². The Kier molecular flexibility index (Phi) is 6.76. The van der Waals surface area contributed by atoms with Gasteiger partial charge in [-0.2, -0.15) is 0 Å². The van der Waals surface area contributed by atoms with Crippen LogP contribution in [0.1, 0.15) is 42.3 Å². The number of nitrogens with one attached hydrogen (secondary N) is 1. The lowest BCUT2D eigenvalue weighted by molar-refractivity contribution is -0.139. The predicted octanol–water partition coefficient (Wildman–Crippen LogP) is 2.67. The Balaban J connectivity index is 3.23. The van der Waals surface area contributed by atoms with Gasteiger partial charge in [0.1, 0.15) is 11.6 Å². The first-order valence-corrected chi connectivity index (χ1v) is 7.44. The summed E-state index contributed by atoms with van der Waals surface area (Å²) in [4.78, 5) is 26.4. The topological polar surface area (TPSA) is 124 Å². The Bertz CT molecular complexity index is 661. The number of hydrogen-bond donors (Lipinski definition) is 2. The number of benzene rings is 1. The molecule has 1 aromatic carbocycles. The van der Waals surface area contributed by atoms with E-state index in [1.54, 1.807) is 46.0 Å². The maximum Gasteiger partial charge on any atom is 0.338 e. The second-order valence-corrected chi connectivity index (χ2v) is 6.27. The third-order valence-electron chi connectivity index (χ3n) is 3.18. The number of carbonyl (C=O) groups excluding carboxylic acids is 1. The summed E-state index contributed by atoms with van der Waals surface area (Å²) in [5.74, 6) is -1.55. The summed E-state index contributed by atoms with van der Waals surface area (Å²) in [7, 11) is 1.54. The fourth-order valence-corrected chi connectivity index (χ4v) is 2.07. The Hall–Kier alpha value is -2.57. The van der Waals surface area contributed by atoms with E-state index >= 15 is 0 Å². The van der Waals surface area contributed by atoms with Crippen molar-refractivity contribution in [3.05, 3.63) is 45.3 Å². The molecule has 0 radical (unpaired) electrons. The summed E-state index contributed by atoms with van der Waals surface area (Å²) in [5, 5.41) is 15.4. The van der Waals surface area contributed by atoms with Crippen LogP contribution in [0.15, 0.2) is 23.3 Å². The molecule has 1 atom stereocenters.